The maximum Gasteiger partial charge on any atom is 0.416 e. The fourth-order valence-electron chi connectivity index (χ4n) is 3.72. The van der Waals surface area contributed by atoms with E-state index in [9.17, 15) is 27.2 Å². The predicted octanol–water partition coefficient (Wildman–Crippen LogP) is 6.16. The highest BCUT2D eigenvalue weighted by molar-refractivity contribution is 5.94. The maximum absolute atomic E-state index is 14.3. The van der Waals surface area contributed by atoms with Gasteiger partial charge >= 0.3 is 12.1 Å². The molecular weight excluding hydrogens is 518 g/mol. The Kier molecular flexibility index (Phi) is 10.2. The zero-order valence-corrected chi connectivity index (χ0v) is 21.2. The number of carboxylic acid groups (broad SMARTS) is 1. The zero-order valence-electron chi connectivity index (χ0n) is 21.2. The SMILES string of the molecule is CCCCC(COc1ccc(-c2ccc(C(F)(F)F)cc2F)cn1)Nc1ccc(C(=O)NCCC(=O)O)cc1. The van der Waals surface area contributed by atoms with E-state index >= 15 is 0 Å². The average molecular weight is 548 g/mol. The number of carbonyl (C=O) groups is 2. The van der Waals surface area contributed by atoms with E-state index in [0.29, 0.717) is 17.2 Å². The number of benzene rings is 2. The first kappa shape index (κ1) is 29.4. The molecular formula is C28H29F4N3O4. The molecule has 0 aliphatic carbocycles. The van der Waals surface area contributed by atoms with E-state index in [2.05, 4.69) is 22.5 Å². The fraction of sp³-hybridized carbons (Fsp3) is 0.321. The van der Waals surface area contributed by atoms with Crippen LogP contribution < -0.4 is 15.4 Å². The third-order valence-corrected chi connectivity index (χ3v) is 5.82. The third kappa shape index (κ3) is 8.98. The largest absolute Gasteiger partial charge is 0.481 e. The molecule has 208 valence electrons. The Morgan fingerprint density at radius 2 is 1.82 bits per heavy atom. The van der Waals surface area contributed by atoms with E-state index in [0.717, 1.165) is 37.1 Å². The van der Waals surface area contributed by atoms with Gasteiger partial charge in [0.25, 0.3) is 5.91 Å². The van der Waals surface area contributed by atoms with Gasteiger partial charge in [0.05, 0.1) is 18.0 Å². The minimum absolute atomic E-state index is 0.00329. The van der Waals surface area contributed by atoms with Crippen molar-refractivity contribution in [2.75, 3.05) is 18.5 Å². The Labute approximate surface area is 223 Å². The molecule has 1 aromatic heterocycles. The van der Waals surface area contributed by atoms with Gasteiger partial charge in [-0.05, 0) is 48.9 Å². The first-order valence-corrected chi connectivity index (χ1v) is 12.4. The minimum Gasteiger partial charge on any atom is -0.481 e. The molecule has 1 amide bonds. The van der Waals surface area contributed by atoms with Crippen molar-refractivity contribution in [3.63, 3.8) is 0 Å². The molecule has 1 atom stereocenters. The van der Waals surface area contributed by atoms with Gasteiger partial charge in [-0.3, -0.25) is 9.59 Å². The molecule has 11 heteroatoms. The second kappa shape index (κ2) is 13.6. The number of nitrogens with zero attached hydrogens (tertiary/aromatic N) is 1. The Morgan fingerprint density at radius 1 is 1.08 bits per heavy atom. The number of unbranched alkanes of at least 4 members (excludes halogenated alkanes) is 1. The minimum atomic E-state index is -4.63. The van der Waals surface area contributed by atoms with Crippen LogP contribution in [0.5, 0.6) is 5.88 Å². The van der Waals surface area contributed by atoms with Crippen molar-refractivity contribution in [1.29, 1.82) is 0 Å². The van der Waals surface area contributed by atoms with Crippen molar-refractivity contribution in [2.45, 2.75) is 44.8 Å². The smallest absolute Gasteiger partial charge is 0.416 e. The highest BCUT2D eigenvalue weighted by atomic mass is 19.4. The number of pyridine rings is 1. The number of anilines is 1. The normalized spacial score (nSPS) is 12.0. The first-order valence-electron chi connectivity index (χ1n) is 12.4. The number of ether oxygens (including phenoxy) is 1. The summed E-state index contributed by atoms with van der Waals surface area (Å²) < 4.78 is 58.5. The number of carboxylic acids is 1. The summed E-state index contributed by atoms with van der Waals surface area (Å²) in [6.45, 7) is 2.37. The number of aromatic nitrogens is 1. The molecule has 0 saturated heterocycles. The van der Waals surface area contributed by atoms with Crippen molar-refractivity contribution in [2.24, 2.45) is 0 Å². The number of aliphatic carboxylic acids is 1. The van der Waals surface area contributed by atoms with Crippen molar-refractivity contribution < 1.29 is 37.0 Å². The van der Waals surface area contributed by atoms with E-state index in [4.69, 9.17) is 9.84 Å². The highest BCUT2D eigenvalue weighted by Crippen LogP contribution is 2.33. The van der Waals surface area contributed by atoms with E-state index < -0.39 is 23.5 Å². The van der Waals surface area contributed by atoms with Crippen LogP contribution in [0.1, 0.15) is 48.5 Å². The quantitative estimate of drug-likeness (QED) is 0.222. The van der Waals surface area contributed by atoms with E-state index in [-0.39, 0.29) is 43.0 Å². The topological polar surface area (TPSA) is 101 Å². The molecule has 0 saturated carbocycles. The van der Waals surface area contributed by atoms with Crippen molar-refractivity contribution in [3.05, 3.63) is 77.7 Å². The average Bonchev–Trinajstić information content (AvgIpc) is 2.90. The molecule has 0 radical (unpaired) electrons. The molecule has 3 aromatic rings. The second-order valence-electron chi connectivity index (χ2n) is 8.85. The van der Waals surface area contributed by atoms with Gasteiger partial charge in [-0.15, -0.1) is 0 Å². The summed E-state index contributed by atoms with van der Waals surface area (Å²) in [5.41, 5.74) is 0.435. The van der Waals surface area contributed by atoms with Gasteiger partial charge in [0.1, 0.15) is 12.4 Å². The Morgan fingerprint density at radius 3 is 2.41 bits per heavy atom. The molecule has 2 aromatic carbocycles. The van der Waals surface area contributed by atoms with Gasteiger partial charge in [-0.2, -0.15) is 13.2 Å². The lowest BCUT2D eigenvalue weighted by Crippen LogP contribution is -2.28. The Balaban J connectivity index is 1.59. The molecule has 1 heterocycles. The van der Waals surface area contributed by atoms with E-state index in [1.165, 1.54) is 18.3 Å². The number of hydrogen-bond acceptors (Lipinski definition) is 5. The van der Waals surface area contributed by atoms with Crippen LogP contribution >= 0.6 is 0 Å². The lowest BCUT2D eigenvalue weighted by Gasteiger charge is -2.20. The highest BCUT2D eigenvalue weighted by Gasteiger charge is 2.31. The number of carbonyl (C=O) groups excluding carboxylic acids is 1. The van der Waals surface area contributed by atoms with Crippen molar-refractivity contribution in [1.82, 2.24) is 10.3 Å². The van der Waals surface area contributed by atoms with E-state index in [1.807, 2.05) is 0 Å². The molecule has 0 bridgehead atoms. The van der Waals surface area contributed by atoms with Crippen LogP contribution in [0.2, 0.25) is 0 Å². The van der Waals surface area contributed by atoms with Crippen LogP contribution in [-0.4, -0.2) is 41.2 Å². The van der Waals surface area contributed by atoms with Crippen molar-refractivity contribution >= 4 is 17.6 Å². The molecule has 39 heavy (non-hydrogen) atoms. The predicted molar refractivity (Wildman–Crippen MR) is 138 cm³/mol. The van der Waals surface area contributed by atoms with Gasteiger partial charge in [0, 0.05) is 41.2 Å². The number of alkyl halides is 3. The third-order valence-electron chi connectivity index (χ3n) is 5.82. The Bertz CT molecular complexity index is 1250. The van der Waals surface area contributed by atoms with Gasteiger partial charge in [-0.25, -0.2) is 9.37 Å². The summed E-state index contributed by atoms with van der Waals surface area (Å²) in [5.74, 6) is -2.07. The van der Waals surface area contributed by atoms with Gasteiger partial charge < -0.3 is 20.5 Å². The molecule has 0 spiro atoms. The lowest BCUT2D eigenvalue weighted by atomic mass is 10.0. The van der Waals surface area contributed by atoms with Gasteiger partial charge in [0.2, 0.25) is 5.88 Å². The van der Waals surface area contributed by atoms with Crippen molar-refractivity contribution in [3.8, 4) is 17.0 Å². The summed E-state index contributed by atoms with van der Waals surface area (Å²) in [6, 6.07) is 12.1. The van der Waals surface area contributed by atoms with Crippen LogP contribution in [-0.2, 0) is 11.0 Å². The first-order chi connectivity index (χ1) is 18.6. The molecule has 3 N–H and O–H groups in total. The monoisotopic (exact) mass is 547 g/mol. The number of halogens is 4. The summed E-state index contributed by atoms with van der Waals surface area (Å²) in [6.07, 6.45) is -0.742. The molecule has 3 rings (SSSR count). The number of hydrogen-bond donors (Lipinski definition) is 3. The summed E-state index contributed by atoms with van der Waals surface area (Å²) in [4.78, 5) is 26.9. The summed E-state index contributed by atoms with van der Waals surface area (Å²) >= 11 is 0. The Hall–Kier alpha value is -4.15. The fourth-order valence-corrected chi connectivity index (χ4v) is 3.72. The molecule has 0 aliphatic heterocycles. The summed E-state index contributed by atoms with van der Waals surface area (Å²) in [5, 5.41) is 14.6. The van der Waals surface area contributed by atoms with E-state index in [1.54, 1.807) is 24.3 Å². The molecule has 0 aliphatic rings. The molecule has 1 unspecified atom stereocenters. The number of nitrogens with one attached hydrogen (secondary N) is 2. The number of rotatable bonds is 13. The van der Waals surface area contributed by atoms with Crippen LogP contribution in [0.15, 0.2) is 60.8 Å². The molecule has 7 nitrogen and oxygen atoms in total. The van der Waals surface area contributed by atoms with Crippen LogP contribution in [0.25, 0.3) is 11.1 Å². The van der Waals surface area contributed by atoms with Gasteiger partial charge in [0.15, 0.2) is 0 Å². The van der Waals surface area contributed by atoms with Crippen LogP contribution in [0, 0.1) is 5.82 Å². The summed E-state index contributed by atoms with van der Waals surface area (Å²) in [7, 11) is 0. The number of amides is 1. The van der Waals surface area contributed by atoms with Crippen LogP contribution in [0.3, 0.4) is 0 Å². The lowest BCUT2D eigenvalue weighted by molar-refractivity contribution is -0.138. The van der Waals surface area contributed by atoms with Gasteiger partial charge in [-0.1, -0.05) is 25.8 Å². The second-order valence-corrected chi connectivity index (χ2v) is 8.85. The van der Waals surface area contributed by atoms with Crippen LogP contribution in [0.4, 0.5) is 23.2 Å². The molecule has 0 fully saturated rings. The standard InChI is InChI=1S/C28H29F4N3O4/c1-2-3-4-22(35-21-9-5-18(6-10-21)27(38)33-14-13-26(36)37)17-39-25-12-7-19(16-34-25)23-11-8-20(15-24(23)29)28(30,31)32/h5-12,15-16,22,35H,2-4,13-14,17H2,1H3,(H,33,38)(H,36,37). The maximum atomic E-state index is 14.3. The zero-order chi connectivity index (χ0) is 28.4.